The van der Waals surface area contributed by atoms with Gasteiger partial charge in [-0.2, -0.15) is 10.1 Å². The zero-order valence-electron chi connectivity index (χ0n) is 15.7. The lowest BCUT2D eigenvalue weighted by Gasteiger charge is -2.14. The van der Waals surface area contributed by atoms with Gasteiger partial charge >= 0.3 is 0 Å². The van der Waals surface area contributed by atoms with Crippen LogP contribution in [0.5, 0.6) is 0 Å². The molecule has 1 amide bonds. The van der Waals surface area contributed by atoms with E-state index in [2.05, 4.69) is 51.7 Å². The second kappa shape index (κ2) is 7.86. The summed E-state index contributed by atoms with van der Waals surface area (Å²) in [5, 5.41) is 10.5. The number of hydrogen-bond donors (Lipinski definition) is 3. The monoisotopic (exact) mass is 365 g/mol. The van der Waals surface area contributed by atoms with E-state index in [9.17, 15) is 4.79 Å². The molecule has 2 aromatic heterocycles. The van der Waals surface area contributed by atoms with E-state index in [0.717, 1.165) is 17.8 Å². The van der Waals surface area contributed by atoms with E-state index in [1.54, 1.807) is 10.9 Å². The second-order valence-corrected chi connectivity index (χ2v) is 6.25. The molecule has 2 heterocycles. The number of nitrogens with zero attached hydrogens (tertiary/aromatic N) is 4. The molecule has 0 radical (unpaired) electrons. The predicted octanol–water partition coefficient (Wildman–Crippen LogP) is 2.76. The zero-order valence-corrected chi connectivity index (χ0v) is 15.7. The molecule has 1 aromatic carbocycles. The van der Waals surface area contributed by atoms with Crippen LogP contribution in [0, 0.1) is 13.8 Å². The van der Waals surface area contributed by atoms with E-state index in [-0.39, 0.29) is 5.56 Å². The van der Waals surface area contributed by atoms with Crippen LogP contribution in [0.1, 0.15) is 34.0 Å². The van der Waals surface area contributed by atoms with Crippen LogP contribution in [0.4, 0.5) is 17.5 Å². The van der Waals surface area contributed by atoms with Crippen LogP contribution in [0.15, 0.2) is 36.8 Å². The van der Waals surface area contributed by atoms with Gasteiger partial charge in [0, 0.05) is 25.5 Å². The summed E-state index contributed by atoms with van der Waals surface area (Å²) in [6.07, 6.45) is 4.97. The molecule has 0 aliphatic rings. The number of nitrogens with one attached hydrogen (secondary N) is 2. The third-order valence-corrected chi connectivity index (χ3v) is 4.34. The highest BCUT2D eigenvalue weighted by Crippen LogP contribution is 2.20. The number of anilines is 3. The van der Waals surface area contributed by atoms with Crippen molar-refractivity contribution in [2.24, 2.45) is 5.73 Å². The van der Waals surface area contributed by atoms with Crippen molar-refractivity contribution in [1.29, 1.82) is 0 Å². The molecule has 0 unspecified atom stereocenters. The Morgan fingerprint density at radius 3 is 2.59 bits per heavy atom. The minimum atomic E-state index is -0.579. The molecule has 0 bridgehead atoms. The first-order valence-electron chi connectivity index (χ1n) is 8.73. The lowest BCUT2D eigenvalue weighted by atomic mass is 10.0. The number of aromatic nitrogens is 4. The van der Waals surface area contributed by atoms with Crippen molar-refractivity contribution in [1.82, 2.24) is 19.7 Å². The Morgan fingerprint density at radius 1 is 1.22 bits per heavy atom. The normalized spacial score (nSPS) is 10.6. The zero-order chi connectivity index (χ0) is 19.4. The highest BCUT2D eigenvalue weighted by molar-refractivity contribution is 5.97. The van der Waals surface area contributed by atoms with E-state index in [0.29, 0.717) is 18.3 Å². The third-order valence-electron chi connectivity index (χ3n) is 4.34. The topological polar surface area (TPSA) is 111 Å². The van der Waals surface area contributed by atoms with Gasteiger partial charge in [0.2, 0.25) is 5.95 Å². The van der Waals surface area contributed by atoms with Crippen LogP contribution >= 0.6 is 0 Å². The van der Waals surface area contributed by atoms with Crippen LogP contribution in [-0.2, 0) is 13.1 Å². The maximum absolute atomic E-state index is 11.7. The molecular formula is C19H23N7O. The lowest BCUT2D eigenvalue weighted by Crippen LogP contribution is -2.17. The van der Waals surface area contributed by atoms with Crippen LogP contribution in [0.2, 0.25) is 0 Å². The van der Waals surface area contributed by atoms with Crippen LogP contribution < -0.4 is 16.4 Å². The van der Waals surface area contributed by atoms with Crippen molar-refractivity contribution in [3.8, 4) is 0 Å². The fourth-order valence-electron chi connectivity index (χ4n) is 2.79. The largest absolute Gasteiger partial charge is 0.365 e. The molecule has 27 heavy (non-hydrogen) atoms. The number of carbonyl (C=O) groups excluding carboxylic acids is 1. The Hall–Kier alpha value is -3.42. The molecule has 0 fully saturated rings. The van der Waals surface area contributed by atoms with Crippen LogP contribution in [-0.4, -0.2) is 25.7 Å². The molecule has 8 heteroatoms. The number of carbonyl (C=O) groups is 1. The minimum absolute atomic E-state index is 0.246. The predicted molar refractivity (Wildman–Crippen MR) is 105 cm³/mol. The van der Waals surface area contributed by atoms with Crippen LogP contribution in [0.25, 0.3) is 0 Å². The molecule has 0 spiro atoms. The van der Waals surface area contributed by atoms with Gasteiger partial charge in [-0.25, -0.2) is 4.98 Å². The van der Waals surface area contributed by atoms with Gasteiger partial charge in [0.25, 0.3) is 5.91 Å². The fraction of sp³-hybridized carbons (Fsp3) is 0.263. The third kappa shape index (κ3) is 4.22. The Labute approximate surface area is 157 Å². The standard InChI is InChI=1S/C19H23N7O/c1-4-26-11-14(8-23-26)24-19-22-10-16(17(20)27)18(25-19)21-9-15-12(2)6-5-7-13(15)3/h5-8,10-11H,4,9H2,1-3H3,(H2,20,27)(H2,21,22,24,25). The van der Waals surface area contributed by atoms with E-state index in [1.807, 2.05) is 19.2 Å². The van der Waals surface area contributed by atoms with Gasteiger partial charge in [-0.05, 0) is 37.5 Å². The number of amides is 1. The van der Waals surface area contributed by atoms with Gasteiger partial charge in [0.05, 0.1) is 17.4 Å². The summed E-state index contributed by atoms with van der Waals surface area (Å²) < 4.78 is 1.79. The quantitative estimate of drug-likeness (QED) is 0.594. The number of aryl methyl sites for hydroxylation is 3. The number of rotatable bonds is 7. The second-order valence-electron chi connectivity index (χ2n) is 6.25. The maximum Gasteiger partial charge on any atom is 0.254 e. The van der Waals surface area contributed by atoms with Crippen molar-refractivity contribution in [2.75, 3.05) is 10.6 Å². The molecule has 3 aromatic rings. The van der Waals surface area contributed by atoms with Gasteiger partial charge in [-0.15, -0.1) is 0 Å². The van der Waals surface area contributed by atoms with Gasteiger partial charge < -0.3 is 16.4 Å². The Kier molecular flexibility index (Phi) is 5.35. The molecule has 3 rings (SSSR count). The molecule has 8 nitrogen and oxygen atoms in total. The first kappa shape index (κ1) is 18.4. The van der Waals surface area contributed by atoms with E-state index >= 15 is 0 Å². The molecule has 140 valence electrons. The van der Waals surface area contributed by atoms with Crippen molar-refractivity contribution in [3.05, 3.63) is 59.0 Å². The summed E-state index contributed by atoms with van der Waals surface area (Å²) >= 11 is 0. The van der Waals surface area contributed by atoms with Crippen LogP contribution in [0.3, 0.4) is 0 Å². The first-order valence-corrected chi connectivity index (χ1v) is 8.73. The highest BCUT2D eigenvalue weighted by atomic mass is 16.1. The molecule has 0 atom stereocenters. The summed E-state index contributed by atoms with van der Waals surface area (Å²) in [4.78, 5) is 20.4. The van der Waals surface area contributed by atoms with Crippen molar-refractivity contribution in [2.45, 2.75) is 33.9 Å². The molecule has 0 aliphatic carbocycles. The van der Waals surface area contributed by atoms with E-state index < -0.39 is 5.91 Å². The highest BCUT2D eigenvalue weighted by Gasteiger charge is 2.13. The molecule has 0 saturated heterocycles. The molecular weight excluding hydrogens is 342 g/mol. The average Bonchev–Trinajstić information content (AvgIpc) is 3.09. The maximum atomic E-state index is 11.7. The van der Waals surface area contributed by atoms with Crippen molar-refractivity contribution >= 4 is 23.4 Å². The van der Waals surface area contributed by atoms with Gasteiger partial charge in [-0.3, -0.25) is 9.48 Å². The summed E-state index contributed by atoms with van der Waals surface area (Å²) in [5.41, 5.74) is 9.98. The fourth-order valence-corrected chi connectivity index (χ4v) is 2.79. The smallest absolute Gasteiger partial charge is 0.254 e. The number of primary amides is 1. The minimum Gasteiger partial charge on any atom is -0.365 e. The average molecular weight is 365 g/mol. The Balaban J connectivity index is 1.84. The Bertz CT molecular complexity index is 944. The molecule has 4 N–H and O–H groups in total. The number of nitrogens with two attached hydrogens (primary N) is 1. The number of hydrogen-bond acceptors (Lipinski definition) is 6. The summed E-state index contributed by atoms with van der Waals surface area (Å²) in [6, 6.07) is 6.13. The summed E-state index contributed by atoms with van der Waals surface area (Å²) in [6.45, 7) is 7.41. The van der Waals surface area contributed by atoms with Crippen molar-refractivity contribution < 1.29 is 4.79 Å². The van der Waals surface area contributed by atoms with Gasteiger partial charge in [0.1, 0.15) is 5.82 Å². The van der Waals surface area contributed by atoms with Crippen molar-refractivity contribution in [3.63, 3.8) is 0 Å². The van der Waals surface area contributed by atoms with Gasteiger partial charge in [-0.1, -0.05) is 18.2 Å². The number of benzene rings is 1. The Morgan fingerprint density at radius 2 is 1.96 bits per heavy atom. The lowest BCUT2D eigenvalue weighted by molar-refractivity contribution is 0.100. The van der Waals surface area contributed by atoms with Gasteiger partial charge in [0.15, 0.2) is 0 Å². The summed E-state index contributed by atoms with van der Waals surface area (Å²) in [5.74, 6) is 0.176. The summed E-state index contributed by atoms with van der Waals surface area (Å²) in [7, 11) is 0. The SMILES string of the molecule is CCn1cc(Nc2ncc(C(N)=O)c(NCc3c(C)cccc3C)n2)cn1. The van der Waals surface area contributed by atoms with E-state index in [1.165, 1.54) is 17.3 Å². The van der Waals surface area contributed by atoms with E-state index in [4.69, 9.17) is 5.73 Å². The first-order chi connectivity index (χ1) is 13.0. The molecule has 0 aliphatic heterocycles. The molecule has 0 saturated carbocycles.